The van der Waals surface area contributed by atoms with Crippen molar-refractivity contribution in [2.75, 3.05) is 7.05 Å². The number of amides is 2. The van der Waals surface area contributed by atoms with Crippen LogP contribution in [0.1, 0.15) is 21.5 Å². The molecule has 0 aliphatic rings. The Balaban J connectivity index is 2.11. The predicted molar refractivity (Wildman–Crippen MR) is 116 cm³/mol. The van der Waals surface area contributed by atoms with Gasteiger partial charge in [0, 0.05) is 24.3 Å². The zero-order valence-electron chi connectivity index (χ0n) is 14.2. The minimum absolute atomic E-state index is 0.0325. The number of carbonyl (C=O) groups is 2. The number of nitrogens with one attached hydrogen (secondary N) is 2. The highest BCUT2D eigenvalue weighted by atomic mass is 35.5. The second-order valence-electron chi connectivity index (χ2n) is 5.25. The zero-order valence-corrected chi connectivity index (χ0v) is 18.0. The van der Waals surface area contributed by atoms with Crippen LogP contribution < -0.4 is 10.7 Å². The topological polar surface area (TPSA) is 70.6 Å². The summed E-state index contributed by atoms with van der Waals surface area (Å²) in [5.74, 6) is -0.688. The van der Waals surface area contributed by atoms with Gasteiger partial charge in [0.15, 0.2) is 0 Å². The lowest BCUT2D eigenvalue weighted by Gasteiger charge is -2.08. The summed E-state index contributed by atoms with van der Waals surface area (Å²) >= 11 is 30.1. The average Bonchev–Trinajstić information content (AvgIpc) is 2.71. The molecule has 0 fully saturated rings. The van der Waals surface area contributed by atoms with Crippen LogP contribution in [0, 0.1) is 0 Å². The fraction of sp³-hybridized carbons (Fsp3) is 0.0556. The third-order valence-electron chi connectivity index (χ3n) is 3.45. The van der Waals surface area contributed by atoms with Gasteiger partial charge in [0.05, 0.1) is 31.3 Å². The molecule has 2 aromatic rings. The molecule has 10 heteroatoms. The van der Waals surface area contributed by atoms with Gasteiger partial charge in [-0.3, -0.25) is 9.59 Å². The Morgan fingerprint density at radius 3 is 1.96 bits per heavy atom. The highest BCUT2D eigenvalue weighted by Crippen LogP contribution is 2.43. The molecular formula is C18H12Cl5N3O2. The van der Waals surface area contributed by atoms with E-state index < -0.39 is 5.91 Å². The number of likely N-dealkylation sites (N-methyl/N-ethyl adjacent to an activating group) is 1. The lowest BCUT2D eigenvalue weighted by atomic mass is 10.1. The molecule has 0 aliphatic heterocycles. The Kier molecular flexibility index (Phi) is 8.16. The van der Waals surface area contributed by atoms with E-state index >= 15 is 0 Å². The number of nitrogens with zero attached hydrogens (tertiary/aromatic N) is 1. The van der Waals surface area contributed by atoms with Crippen LogP contribution in [-0.2, 0) is 4.79 Å². The number of hydrazone groups is 1. The Labute approximate surface area is 186 Å². The van der Waals surface area contributed by atoms with E-state index in [9.17, 15) is 9.59 Å². The Morgan fingerprint density at radius 1 is 0.893 bits per heavy atom. The summed E-state index contributed by atoms with van der Waals surface area (Å²) in [6.07, 6.45) is 4.23. The zero-order chi connectivity index (χ0) is 20.8. The highest BCUT2D eigenvalue weighted by Gasteiger charge is 2.18. The van der Waals surface area contributed by atoms with Gasteiger partial charge in [0.2, 0.25) is 5.91 Å². The van der Waals surface area contributed by atoms with Crippen LogP contribution >= 0.6 is 58.0 Å². The van der Waals surface area contributed by atoms with E-state index in [0.717, 1.165) is 5.56 Å². The van der Waals surface area contributed by atoms with Crippen molar-refractivity contribution in [2.24, 2.45) is 5.10 Å². The molecule has 0 aliphatic carbocycles. The van der Waals surface area contributed by atoms with Crippen LogP contribution in [-0.4, -0.2) is 25.1 Å². The quantitative estimate of drug-likeness (QED) is 0.196. The van der Waals surface area contributed by atoms with Crippen LogP contribution in [0.25, 0.3) is 6.08 Å². The summed E-state index contributed by atoms with van der Waals surface area (Å²) in [5, 5.41) is 6.52. The van der Waals surface area contributed by atoms with Crippen LogP contribution in [0.2, 0.25) is 25.1 Å². The Bertz CT molecular complexity index is 943. The predicted octanol–water partition coefficient (Wildman–Crippen LogP) is 5.48. The maximum atomic E-state index is 12.2. The molecule has 0 aromatic heterocycles. The van der Waals surface area contributed by atoms with Crippen molar-refractivity contribution in [2.45, 2.75) is 0 Å². The number of rotatable bonds is 5. The first-order chi connectivity index (χ1) is 13.3. The average molecular weight is 480 g/mol. The van der Waals surface area contributed by atoms with Crippen LogP contribution in [0.15, 0.2) is 35.4 Å². The third-order valence-corrected chi connectivity index (χ3v) is 5.76. The van der Waals surface area contributed by atoms with Gasteiger partial charge in [-0.2, -0.15) is 5.10 Å². The number of hydrogen-bond donors (Lipinski definition) is 2. The number of halogens is 5. The molecule has 28 heavy (non-hydrogen) atoms. The van der Waals surface area contributed by atoms with Gasteiger partial charge in [-0.15, -0.1) is 0 Å². The summed E-state index contributed by atoms with van der Waals surface area (Å²) in [5.41, 5.74) is 3.68. The second kappa shape index (κ2) is 10.1. The number of hydrogen-bond acceptors (Lipinski definition) is 3. The SMILES string of the molecule is CNC(=O)/C=C/c1ccc(C(=O)N/N=C/c2c(Cl)c(Cl)c(Cl)c(Cl)c2Cl)cc1. The van der Waals surface area contributed by atoms with E-state index in [2.05, 4.69) is 15.8 Å². The van der Waals surface area contributed by atoms with Crippen molar-refractivity contribution in [3.63, 3.8) is 0 Å². The van der Waals surface area contributed by atoms with Gasteiger partial charge < -0.3 is 5.32 Å². The van der Waals surface area contributed by atoms with E-state index in [4.69, 9.17) is 58.0 Å². The summed E-state index contributed by atoms with van der Waals surface area (Å²) in [4.78, 5) is 23.4. The summed E-state index contributed by atoms with van der Waals surface area (Å²) in [6.45, 7) is 0. The first kappa shape index (κ1) is 22.5. The fourth-order valence-corrected chi connectivity index (χ4v) is 3.21. The van der Waals surface area contributed by atoms with Crippen molar-refractivity contribution in [3.05, 3.63) is 72.1 Å². The molecule has 2 N–H and O–H groups in total. The standard InChI is InChI=1S/C18H12Cl5N3O2/c1-24-12(27)7-4-9-2-5-10(6-3-9)18(28)26-25-8-11-13(19)15(21)17(23)16(22)14(11)20/h2-8H,1H3,(H,24,27)(H,26,28)/b7-4+,25-8+. The lowest BCUT2D eigenvalue weighted by molar-refractivity contribution is -0.115. The Morgan fingerprint density at radius 2 is 1.43 bits per heavy atom. The third kappa shape index (κ3) is 5.40. The van der Waals surface area contributed by atoms with Crippen LogP contribution in [0.5, 0.6) is 0 Å². The summed E-state index contributed by atoms with van der Waals surface area (Å²) < 4.78 is 0. The smallest absolute Gasteiger partial charge is 0.271 e. The minimum atomic E-state index is -0.462. The summed E-state index contributed by atoms with van der Waals surface area (Å²) in [7, 11) is 1.53. The molecule has 0 saturated heterocycles. The summed E-state index contributed by atoms with van der Waals surface area (Å²) in [6, 6.07) is 6.55. The first-order valence-electron chi connectivity index (χ1n) is 7.61. The van der Waals surface area contributed by atoms with E-state index in [1.54, 1.807) is 30.3 Å². The van der Waals surface area contributed by atoms with Gasteiger partial charge in [-0.1, -0.05) is 70.1 Å². The van der Waals surface area contributed by atoms with E-state index in [0.29, 0.717) is 5.56 Å². The molecule has 146 valence electrons. The van der Waals surface area contributed by atoms with Crippen LogP contribution in [0.4, 0.5) is 0 Å². The lowest BCUT2D eigenvalue weighted by Crippen LogP contribution is -2.17. The first-order valence-corrected chi connectivity index (χ1v) is 9.50. The van der Waals surface area contributed by atoms with Crippen molar-refractivity contribution in [3.8, 4) is 0 Å². The van der Waals surface area contributed by atoms with Crippen LogP contribution in [0.3, 0.4) is 0 Å². The molecule has 0 unspecified atom stereocenters. The molecule has 0 atom stereocenters. The van der Waals surface area contributed by atoms with Crippen molar-refractivity contribution < 1.29 is 9.59 Å². The maximum absolute atomic E-state index is 12.2. The monoisotopic (exact) mass is 477 g/mol. The molecule has 2 aromatic carbocycles. The molecule has 0 spiro atoms. The molecule has 5 nitrogen and oxygen atoms in total. The molecule has 2 rings (SSSR count). The highest BCUT2D eigenvalue weighted by molar-refractivity contribution is 6.56. The maximum Gasteiger partial charge on any atom is 0.271 e. The van der Waals surface area contributed by atoms with E-state index in [1.165, 1.54) is 19.3 Å². The van der Waals surface area contributed by atoms with E-state index in [1.807, 2.05) is 0 Å². The molecule has 2 amide bonds. The van der Waals surface area contributed by atoms with Gasteiger partial charge in [-0.05, 0) is 23.8 Å². The molecule has 0 radical (unpaired) electrons. The Hall–Kier alpha value is -1.76. The van der Waals surface area contributed by atoms with Gasteiger partial charge in [0.25, 0.3) is 5.91 Å². The van der Waals surface area contributed by atoms with Crippen molar-refractivity contribution >= 4 is 82.1 Å². The number of carbonyl (C=O) groups excluding carboxylic acids is 2. The molecule has 0 saturated carbocycles. The van der Waals surface area contributed by atoms with Gasteiger partial charge in [0.1, 0.15) is 0 Å². The second-order valence-corrected chi connectivity index (χ2v) is 7.14. The molecule has 0 heterocycles. The normalized spacial score (nSPS) is 11.2. The largest absolute Gasteiger partial charge is 0.356 e. The van der Waals surface area contributed by atoms with E-state index in [-0.39, 0.29) is 36.6 Å². The van der Waals surface area contributed by atoms with Crippen molar-refractivity contribution in [1.82, 2.24) is 10.7 Å². The minimum Gasteiger partial charge on any atom is -0.356 e. The van der Waals surface area contributed by atoms with Crippen molar-refractivity contribution in [1.29, 1.82) is 0 Å². The van der Waals surface area contributed by atoms with Gasteiger partial charge >= 0.3 is 0 Å². The molecular weight excluding hydrogens is 467 g/mol. The fourth-order valence-electron chi connectivity index (χ4n) is 1.96. The van der Waals surface area contributed by atoms with Gasteiger partial charge in [-0.25, -0.2) is 5.43 Å². The number of benzene rings is 2. The molecule has 0 bridgehead atoms.